The monoisotopic (exact) mass is 353 g/mol. The average Bonchev–Trinajstić information content (AvgIpc) is 2.61. The lowest BCUT2D eigenvalue weighted by Crippen LogP contribution is -2.05. The lowest BCUT2D eigenvalue weighted by molar-refractivity contribution is 0.0697. The molecule has 1 N–H and O–H groups in total. The Balaban J connectivity index is 2.02. The van der Waals surface area contributed by atoms with Crippen LogP contribution in [0.25, 0.3) is 22.3 Å². The summed E-state index contributed by atoms with van der Waals surface area (Å²) in [6.45, 7) is 4.78. The molecule has 0 amide bonds. The Labute approximate surface area is 150 Å². The Morgan fingerprint density at radius 1 is 1.27 bits per heavy atom. The highest BCUT2D eigenvalue weighted by molar-refractivity contribution is 5.93. The third kappa shape index (κ3) is 3.74. The first-order valence-corrected chi connectivity index (χ1v) is 8.34. The van der Waals surface area contributed by atoms with E-state index in [2.05, 4.69) is 18.8 Å². The van der Waals surface area contributed by atoms with Crippen molar-refractivity contribution in [3.63, 3.8) is 0 Å². The summed E-state index contributed by atoms with van der Waals surface area (Å²) < 4.78 is 11.6. The maximum absolute atomic E-state index is 12.4. The lowest BCUT2D eigenvalue weighted by atomic mass is 10.1. The maximum Gasteiger partial charge on any atom is 0.335 e. The highest BCUT2D eigenvalue weighted by Crippen LogP contribution is 2.30. The van der Waals surface area contributed by atoms with E-state index in [0.717, 1.165) is 6.42 Å². The molecule has 0 aliphatic heterocycles. The molecule has 0 aliphatic rings. The van der Waals surface area contributed by atoms with Gasteiger partial charge in [-0.1, -0.05) is 13.8 Å². The van der Waals surface area contributed by atoms with Crippen LogP contribution in [-0.2, 0) is 0 Å². The third-order valence-electron chi connectivity index (χ3n) is 3.97. The summed E-state index contributed by atoms with van der Waals surface area (Å²) in [6, 6.07) is 7.27. The lowest BCUT2D eigenvalue weighted by Gasteiger charge is -2.12. The topological polar surface area (TPSA) is 89.6 Å². The van der Waals surface area contributed by atoms with Crippen molar-refractivity contribution in [1.82, 2.24) is 4.98 Å². The zero-order chi connectivity index (χ0) is 18.7. The van der Waals surface area contributed by atoms with E-state index in [1.165, 1.54) is 24.3 Å². The summed E-state index contributed by atoms with van der Waals surface area (Å²) in [5.74, 6) is 0.342. The molecule has 0 radical (unpaired) electrons. The number of ether oxygens (including phenoxy) is 1. The molecule has 0 unspecified atom stereocenters. The summed E-state index contributed by atoms with van der Waals surface area (Å²) in [5, 5.41) is 9.29. The third-order valence-corrected chi connectivity index (χ3v) is 3.97. The zero-order valence-electron chi connectivity index (χ0n) is 14.6. The molecule has 1 aromatic carbocycles. The first kappa shape index (κ1) is 17.7. The van der Waals surface area contributed by atoms with Crippen molar-refractivity contribution in [2.24, 2.45) is 5.92 Å². The van der Waals surface area contributed by atoms with Crippen LogP contribution in [0.1, 0.15) is 30.6 Å². The predicted octanol–water partition coefficient (Wildman–Crippen LogP) is 3.98. The Bertz CT molecular complexity index is 1010. The molecule has 0 bridgehead atoms. The number of benzene rings is 1. The number of nitrogens with zero attached hydrogens (tertiary/aromatic N) is 1. The summed E-state index contributed by atoms with van der Waals surface area (Å²) in [4.78, 5) is 27.6. The zero-order valence-corrected chi connectivity index (χ0v) is 14.6. The van der Waals surface area contributed by atoms with Gasteiger partial charge in [-0.15, -0.1) is 0 Å². The van der Waals surface area contributed by atoms with Crippen LogP contribution < -0.4 is 10.2 Å². The van der Waals surface area contributed by atoms with E-state index in [0.29, 0.717) is 35.2 Å². The number of carboxylic acid groups (broad SMARTS) is 1. The Kier molecular flexibility index (Phi) is 5.02. The summed E-state index contributed by atoms with van der Waals surface area (Å²) in [7, 11) is 0. The van der Waals surface area contributed by atoms with Crippen molar-refractivity contribution in [3.8, 4) is 17.1 Å². The highest BCUT2D eigenvalue weighted by atomic mass is 16.5. The molecule has 0 saturated carbocycles. The molecule has 0 saturated heterocycles. The van der Waals surface area contributed by atoms with Gasteiger partial charge in [-0.05, 0) is 36.6 Å². The number of fused-ring (bicyclic) bond motifs is 1. The van der Waals surface area contributed by atoms with Crippen LogP contribution in [0.2, 0.25) is 0 Å². The number of carboxylic acids is 1. The van der Waals surface area contributed by atoms with Crippen LogP contribution in [0.15, 0.2) is 51.9 Å². The van der Waals surface area contributed by atoms with Crippen molar-refractivity contribution in [3.05, 3.63) is 58.5 Å². The standard InChI is InChI=1S/C20H19NO5/c1-12(2)6-8-25-17-5-7-21-11-15(17)19-10-16(22)14-9-13(20(23)24)3-4-18(14)26-19/h3-5,7,9-12H,6,8H2,1-2H3,(H,23,24). The van der Waals surface area contributed by atoms with Crippen LogP contribution >= 0.6 is 0 Å². The molecule has 3 aromatic rings. The van der Waals surface area contributed by atoms with Crippen molar-refractivity contribution in [2.75, 3.05) is 6.61 Å². The van der Waals surface area contributed by atoms with Gasteiger partial charge in [0.2, 0.25) is 0 Å². The van der Waals surface area contributed by atoms with E-state index in [9.17, 15) is 9.59 Å². The molecule has 6 nitrogen and oxygen atoms in total. The Morgan fingerprint density at radius 2 is 2.08 bits per heavy atom. The van der Waals surface area contributed by atoms with Gasteiger partial charge in [0, 0.05) is 18.5 Å². The molecule has 2 heterocycles. The quantitative estimate of drug-likeness (QED) is 0.721. The van der Waals surface area contributed by atoms with E-state index >= 15 is 0 Å². The summed E-state index contributed by atoms with van der Waals surface area (Å²) >= 11 is 0. The van der Waals surface area contributed by atoms with Gasteiger partial charge >= 0.3 is 5.97 Å². The number of aromatic carboxylic acids is 1. The molecule has 26 heavy (non-hydrogen) atoms. The minimum Gasteiger partial charge on any atom is -0.493 e. The first-order chi connectivity index (χ1) is 12.5. The molecular formula is C20H19NO5. The number of pyridine rings is 1. The largest absolute Gasteiger partial charge is 0.493 e. The maximum atomic E-state index is 12.4. The minimum atomic E-state index is -1.09. The van der Waals surface area contributed by atoms with Gasteiger partial charge in [0.15, 0.2) is 5.43 Å². The van der Waals surface area contributed by atoms with Crippen molar-refractivity contribution in [1.29, 1.82) is 0 Å². The van der Waals surface area contributed by atoms with E-state index < -0.39 is 5.97 Å². The van der Waals surface area contributed by atoms with Gasteiger partial charge in [0.05, 0.1) is 23.1 Å². The molecule has 2 aromatic heterocycles. The molecule has 0 atom stereocenters. The molecule has 0 spiro atoms. The average molecular weight is 353 g/mol. The van der Waals surface area contributed by atoms with Crippen LogP contribution in [0.3, 0.4) is 0 Å². The molecule has 3 rings (SSSR count). The van der Waals surface area contributed by atoms with Crippen LogP contribution in [0.5, 0.6) is 5.75 Å². The van der Waals surface area contributed by atoms with E-state index in [1.807, 2.05) is 0 Å². The second-order valence-electron chi connectivity index (χ2n) is 6.39. The van der Waals surface area contributed by atoms with Gasteiger partial charge < -0.3 is 14.3 Å². The second-order valence-corrected chi connectivity index (χ2v) is 6.39. The SMILES string of the molecule is CC(C)CCOc1ccncc1-c1cc(=O)c2cc(C(=O)O)ccc2o1. The van der Waals surface area contributed by atoms with Gasteiger partial charge in [0.25, 0.3) is 0 Å². The van der Waals surface area contributed by atoms with Gasteiger partial charge in [-0.2, -0.15) is 0 Å². The normalized spacial score (nSPS) is 11.0. The van der Waals surface area contributed by atoms with Gasteiger partial charge in [-0.3, -0.25) is 9.78 Å². The van der Waals surface area contributed by atoms with E-state index in [-0.39, 0.29) is 16.4 Å². The first-order valence-electron chi connectivity index (χ1n) is 8.34. The number of rotatable bonds is 6. The molecule has 0 aliphatic carbocycles. The predicted molar refractivity (Wildman–Crippen MR) is 97.6 cm³/mol. The number of aromatic nitrogens is 1. The number of hydrogen-bond acceptors (Lipinski definition) is 5. The van der Waals surface area contributed by atoms with Gasteiger partial charge in [0.1, 0.15) is 17.1 Å². The van der Waals surface area contributed by atoms with Crippen LogP contribution in [0.4, 0.5) is 0 Å². The van der Waals surface area contributed by atoms with Crippen LogP contribution in [0, 0.1) is 5.92 Å². The smallest absolute Gasteiger partial charge is 0.335 e. The molecule has 0 fully saturated rings. The summed E-state index contributed by atoms with van der Waals surface area (Å²) in [5.41, 5.74) is 0.616. The van der Waals surface area contributed by atoms with Crippen molar-refractivity contribution in [2.45, 2.75) is 20.3 Å². The Hall–Kier alpha value is -3.15. The molecule has 134 valence electrons. The fraction of sp³-hybridized carbons (Fsp3) is 0.250. The number of hydrogen-bond donors (Lipinski definition) is 1. The Morgan fingerprint density at radius 3 is 2.81 bits per heavy atom. The second kappa shape index (κ2) is 7.39. The fourth-order valence-electron chi connectivity index (χ4n) is 2.52. The van der Waals surface area contributed by atoms with Gasteiger partial charge in [-0.25, -0.2) is 4.79 Å². The molecule has 6 heteroatoms. The molecular weight excluding hydrogens is 334 g/mol. The minimum absolute atomic E-state index is 0.0386. The number of carbonyl (C=O) groups is 1. The van der Waals surface area contributed by atoms with E-state index in [1.54, 1.807) is 18.5 Å². The fourth-order valence-corrected chi connectivity index (χ4v) is 2.52. The van der Waals surface area contributed by atoms with Crippen molar-refractivity contribution < 1.29 is 19.1 Å². The van der Waals surface area contributed by atoms with E-state index in [4.69, 9.17) is 14.3 Å². The highest BCUT2D eigenvalue weighted by Gasteiger charge is 2.14. The van der Waals surface area contributed by atoms with Crippen LogP contribution in [-0.4, -0.2) is 22.7 Å². The summed E-state index contributed by atoms with van der Waals surface area (Å²) in [6.07, 6.45) is 4.11. The van der Waals surface area contributed by atoms with Crippen molar-refractivity contribution >= 4 is 16.9 Å².